The van der Waals surface area contributed by atoms with Gasteiger partial charge in [0.05, 0.1) is 12.0 Å². The van der Waals surface area contributed by atoms with Gasteiger partial charge in [-0.15, -0.1) is 0 Å². The molecule has 0 radical (unpaired) electrons. The van der Waals surface area contributed by atoms with Gasteiger partial charge in [-0.05, 0) is 30.7 Å². The number of carbonyl (C=O) groups is 2. The highest BCUT2D eigenvalue weighted by molar-refractivity contribution is 5.95. The van der Waals surface area contributed by atoms with Crippen LogP contribution in [-0.4, -0.2) is 22.0 Å². The van der Waals surface area contributed by atoms with Gasteiger partial charge in [-0.25, -0.2) is 4.79 Å². The number of carboxylic acid groups (broad SMARTS) is 1. The predicted molar refractivity (Wildman–Crippen MR) is 74.7 cm³/mol. The zero-order valence-electron chi connectivity index (χ0n) is 11.0. The van der Waals surface area contributed by atoms with E-state index in [1.807, 2.05) is 6.92 Å². The zero-order valence-corrected chi connectivity index (χ0v) is 11.0. The summed E-state index contributed by atoms with van der Waals surface area (Å²) in [6.45, 7) is 1.83. The van der Waals surface area contributed by atoms with E-state index in [1.54, 1.807) is 36.5 Å². The second-order valence-corrected chi connectivity index (χ2v) is 4.37. The molecule has 20 heavy (non-hydrogen) atoms. The van der Waals surface area contributed by atoms with Gasteiger partial charge >= 0.3 is 5.97 Å². The molecule has 5 heteroatoms. The number of rotatable bonds is 4. The fourth-order valence-corrected chi connectivity index (χ4v) is 1.88. The van der Waals surface area contributed by atoms with Crippen molar-refractivity contribution in [3.8, 4) is 0 Å². The Morgan fingerprint density at radius 3 is 2.70 bits per heavy atom. The maximum Gasteiger partial charge on any atom is 0.335 e. The van der Waals surface area contributed by atoms with E-state index in [0.717, 1.165) is 5.69 Å². The summed E-state index contributed by atoms with van der Waals surface area (Å²) in [5.74, 6) is -1.29. The molecule has 0 aliphatic carbocycles. The van der Waals surface area contributed by atoms with E-state index in [0.29, 0.717) is 11.3 Å². The maximum atomic E-state index is 11.9. The lowest BCUT2D eigenvalue weighted by atomic mass is 10.0. The van der Waals surface area contributed by atoms with Crippen molar-refractivity contribution in [2.24, 2.45) is 0 Å². The molecule has 1 aromatic carbocycles. The van der Waals surface area contributed by atoms with Gasteiger partial charge in [-0.2, -0.15) is 0 Å². The molecule has 102 valence electrons. The lowest BCUT2D eigenvalue weighted by Crippen LogP contribution is -2.16. The number of anilines is 1. The number of hydrogen-bond acceptors (Lipinski definition) is 3. The van der Waals surface area contributed by atoms with Crippen LogP contribution in [0.15, 0.2) is 42.6 Å². The van der Waals surface area contributed by atoms with Crippen LogP contribution in [-0.2, 0) is 11.2 Å². The lowest BCUT2D eigenvalue weighted by Gasteiger charge is -2.07. The summed E-state index contributed by atoms with van der Waals surface area (Å²) in [6.07, 6.45) is 1.62. The number of nitrogens with zero attached hydrogens (tertiary/aromatic N) is 1. The highest BCUT2D eigenvalue weighted by atomic mass is 16.4. The number of hydrogen-bond donors (Lipinski definition) is 2. The molecule has 0 atom stereocenters. The van der Waals surface area contributed by atoms with E-state index in [4.69, 9.17) is 5.11 Å². The third-order valence-corrected chi connectivity index (χ3v) is 2.78. The second kappa shape index (κ2) is 5.97. The number of aromatic nitrogens is 1. The zero-order chi connectivity index (χ0) is 14.5. The molecule has 1 heterocycles. The normalized spacial score (nSPS) is 10.1. The molecule has 0 unspecified atom stereocenters. The summed E-state index contributed by atoms with van der Waals surface area (Å²) in [5.41, 5.74) is 2.08. The van der Waals surface area contributed by atoms with Crippen molar-refractivity contribution >= 4 is 17.6 Å². The smallest absolute Gasteiger partial charge is 0.335 e. The van der Waals surface area contributed by atoms with Gasteiger partial charge in [-0.3, -0.25) is 9.78 Å². The van der Waals surface area contributed by atoms with Crippen molar-refractivity contribution < 1.29 is 14.7 Å². The number of aromatic carboxylic acids is 1. The summed E-state index contributed by atoms with van der Waals surface area (Å²) in [5, 5.41) is 11.8. The number of benzene rings is 1. The predicted octanol–water partition coefficient (Wildman–Crippen LogP) is 2.27. The van der Waals surface area contributed by atoms with Crippen LogP contribution in [0.5, 0.6) is 0 Å². The van der Waals surface area contributed by atoms with E-state index < -0.39 is 5.97 Å². The molecule has 2 rings (SSSR count). The van der Waals surface area contributed by atoms with Crippen LogP contribution in [0.25, 0.3) is 0 Å². The van der Waals surface area contributed by atoms with Crippen molar-refractivity contribution in [3.05, 3.63) is 59.4 Å². The van der Waals surface area contributed by atoms with Crippen LogP contribution < -0.4 is 5.32 Å². The SMILES string of the molecule is Cc1cc(NC(=O)Cc2ccccc2C(=O)O)ccn1. The van der Waals surface area contributed by atoms with E-state index in [2.05, 4.69) is 10.3 Å². The Morgan fingerprint density at radius 1 is 1.25 bits per heavy atom. The molecule has 0 bridgehead atoms. The van der Waals surface area contributed by atoms with Crippen molar-refractivity contribution in [1.82, 2.24) is 4.98 Å². The molecule has 0 fully saturated rings. The van der Waals surface area contributed by atoms with Crippen LogP contribution in [0.1, 0.15) is 21.6 Å². The van der Waals surface area contributed by atoms with Crippen LogP contribution in [0.4, 0.5) is 5.69 Å². The average Bonchev–Trinajstić information content (AvgIpc) is 2.38. The Balaban J connectivity index is 2.11. The Morgan fingerprint density at radius 2 is 2.00 bits per heavy atom. The van der Waals surface area contributed by atoms with Crippen LogP contribution in [0, 0.1) is 6.92 Å². The second-order valence-electron chi connectivity index (χ2n) is 4.37. The van der Waals surface area contributed by atoms with E-state index in [-0.39, 0.29) is 17.9 Å². The number of aryl methyl sites for hydroxylation is 1. The monoisotopic (exact) mass is 270 g/mol. The third-order valence-electron chi connectivity index (χ3n) is 2.78. The van der Waals surface area contributed by atoms with Crippen molar-refractivity contribution in [3.63, 3.8) is 0 Å². The number of carboxylic acids is 1. The molecule has 0 aliphatic rings. The van der Waals surface area contributed by atoms with Crippen molar-refractivity contribution in [2.45, 2.75) is 13.3 Å². The minimum Gasteiger partial charge on any atom is -0.478 e. The number of carbonyl (C=O) groups excluding carboxylic acids is 1. The first kappa shape index (κ1) is 13.7. The quantitative estimate of drug-likeness (QED) is 0.893. The Bertz CT molecular complexity index is 653. The van der Waals surface area contributed by atoms with Crippen LogP contribution in [0.3, 0.4) is 0 Å². The standard InChI is InChI=1S/C15H14N2O3/c1-10-8-12(6-7-16-10)17-14(18)9-11-4-2-3-5-13(11)15(19)20/h2-8H,9H2,1H3,(H,19,20)(H,16,17,18). The largest absolute Gasteiger partial charge is 0.478 e. The van der Waals surface area contributed by atoms with Gasteiger partial charge in [0.15, 0.2) is 0 Å². The van der Waals surface area contributed by atoms with E-state index in [9.17, 15) is 9.59 Å². The minimum atomic E-state index is -1.03. The van der Waals surface area contributed by atoms with Crippen molar-refractivity contribution in [1.29, 1.82) is 0 Å². The molecule has 0 saturated heterocycles. The summed E-state index contributed by atoms with van der Waals surface area (Å²) < 4.78 is 0. The van der Waals surface area contributed by atoms with Gasteiger partial charge in [0, 0.05) is 17.6 Å². The molecule has 2 aromatic rings. The Labute approximate surface area is 116 Å². The van der Waals surface area contributed by atoms with Gasteiger partial charge in [-0.1, -0.05) is 18.2 Å². The van der Waals surface area contributed by atoms with Crippen molar-refractivity contribution in [2.75, 3.05) is 5.32 Å². The molecular weight excluding hydrogens is 256 g/mol. The number of nitrogens with one attached hydrogen (secondary N) is 1. The van der Waals surface area contributed by atoms with Crippen LogP contribution in [0.2, 0.25) is 0 Å². The van der Waals surface area contributed by atoms with Gasteiger partial charge in [0.2, 0.25) is 5.91 Å². The first-order chi connectivity index (χ1) is 9.56. The molecule has 0 spiro atoms. The number of amides is 1. The van der Waals surface area contributed by atoms with E-state index >= 15 is 0 Å². The highest BCUT2D eigenvalue weighted by Gasteiger charge is 2.12. The molecule has 2 N–H and O–H groups in total. The molecule has 0 saturated carbocycles. The Kier molecular flexibility index (Phi) is 4.10. The average molecular weight is 270 g/mol. The third kappa shape index (κ3) is 3.41. The van der Waals surface area contributed by atoms with E-state index in [1.165, 1.54) is 6.07 Å². The summed E-state index contributed by atoms with van der Waals surface area (Å²) in [4.78, 5) is 27.0. The molecule has 5 nitrogen and oxygen atoms in total. The molecular formula is C15H14N2O3. The topological polar surface area (TPSA) is 79.3 Å². The first-order valence-corrected chi connectivity index (χ1v) is 6.10. The first-order valence-electron chi connectivity index (χ1n) is 6.10. The summed E-state index contributed by atoms with van der Waals surface area (Å²) >= 11 is 0. The molecule has 0 aliphatic heterocycles. The summed E-state index contributed by atoms with van der Waals surface area (Å²) in [6, 6.07) is 9.92. The highest BCUT2D eigenvalue weighted by Crippen LogP contribution is 2.12. The maximum absolute atomic E-state index is 11.9. The fourth-order valence-electron chi connectivity index (χ4n) is 1.88. The van der Waals surface area contributed by atoms with Crippen LogP contribution >= 0.6 is 0 Å². The molecule has 1 aromatic heterocycles. The molecule has 1 amide bonds. The Hall–Kier alpha value is -2.69. The van der Waals surface area contributed by atoms with Gasteiger partial charge in [0.25, 0.3) is 0 Å². The minimum absolute atomic E-state index is 0.0177. The number of pyridine rings is 1. The van der Waals surface area contributed by atoms with Gasteiger partial charge in [0.1, 0.15) is 0 Å². The lowest BCUT2D eigenvalue weighted by molar-refractivity contribution is -0.115. The fraction of sp³-hybridized carbons (Fsp3) is 0.133. The summed E-state index contributed by atoms with van der Waals surface area (Å²) in [7, 11) is 0. The van der Waals surface area contributed by atoms with Gasteiger partial charge < -0.3 is 10.4 Å².